The van der Waals surface area contributed by atoms with Crippen LogP contribution in [-0.2, 0) is 4.74 Å². The van der Waals surface area contributed by atoms with Crippen LogP contribution in [0, 0.1) is 11.6 Å². The van der Waals surface area contributed by atoms with Crippen LogP contribution in [0.4, 0.5) is 14.5 Å². The Morgan fingerprint density at radius 2 is 1.86 bits per heavy atom. The van der Waals surface area contributed by atoms with Crippen molar-refractivity contribution >= 4 is 28.3 Å². The molecule has 0 radical (unpaired) electrons. The maximum Gasteiger partial charge on any atom is 0.255 e. The molecule has 0 aliphatic carbocycles. The van der Waals surface area contributed by atoms with Crippen LogP contribution in [0.2, 0.25) is 0 Å². The minimum atomic E-state index is -0.709. The summed E-state index contributed by atoms with van der Waals surface area (Å²) < 4.78 is 33.2. The molecule has 3 heterocycles. The first-order chi connectivity index (χ1) is 17.0. The van der Waals surface area contributed by atoms with E-state index in [1.54, 1.807) is 6.07 Å². The van der Waals surface area contributed by atoms with Crippen LogP contribution < -0.4 is 10.6 Å². The summed E-state index contributed by atoms with van der Waals surface area (Å²) in [6, 6.07) is 13.9. The SMILES string of the molecule is O=C(Nc1cc(F)cc(C(=O)c2cc3ccc(C4COCCN4)nc3cn2)c1)c1cccc(F)c1. The molecule has 1 aliphatic rings. The number of hydrogen-bond donors (Lipinski definition) is 2. The molecule has 1 saturated heterocycles. The second-order valence-corrected chi connectivity index (χ2v) is 8.10. The number of anilines is 1. The van der Waals surface area contributed by atoms with Crippen LogP contribution in [0.25, 0.3) is 10.9 Å². The number of halogens is 2. The fourth-order valence-corrected chi connectivity index (χ4v) is 3.89. The predicted octanol–water partition coefficient (Wildman–Crippen LogP) is 4.05. The lowest BCUT2D eigenvalue weighted by Crippen LogP contribution is -2.35. The molecule has 0 saturated carbocycles. The number of pyridine rings is 2. The molecule has 1 amide bonds. The average Bonchev–Trinajstić information content (AvgIpc) is 2.88. The van der Waals surface area contributed by atoms with E-state index in [0.717, 1.165) is 30.4 Å². The number of fused-ring (bicyclic) bond motifs is 1. The van der Waals surface area contributed by atoms with Gasteiger partial charge in [-0.15, -0.1) is 0 Å². The molecule has 2 N–H and O–H groups in total. The number of hydrogen-bond acceptors (Lipinski definition) is 6. The highest BCUT2D eigenvalue weighted by molar-refractivity contribution is 6.10. The Hall–Kier alpha value is -4.08. The van der Waals surface area contributed by atoms with Gasteiger partial charge in [0.05, 0.1) is 36.7 Å². The molecule has 4 aromatic rings. The Labute approximate surface area is 199 Å². The van der Waals surface area contributed by atoms with E-state index in [1.165, 1.54) is 30.5 Å². The van der Waals surface area contributed by atoms with Gasteiger partial charge in [-0.25, -0.2) is 13.8 Å². The first-order valence-electron chi connectivity index (χ1n) is 11.0. The molecule has 2 aromatic heterocycles. The number of carbonyl (C=O) groups excluding carboxylic acids is 2. The number of nitrogens with zero attached hydrogens (tertiary/aromatic N) is 2. The van der Waals surface area contributed by atoms with Crippen molar-refractivity contribution in [1.82, 2.24) is 15.3 Å². The van der Waals surface area contributed by atoms with E-state index < -0.39 is 23.3 Å². The molecule has 9 heteroatoms. The lowest BCUT2D eigenvalue weighted by atomic mass is 10.0. The summed E-state index contributed by atoms with van der Waals surface area (Å²) in [5.74, 6) is -2.42. The number of carbonyl (C=O) groups is 2. The van der Waals surface area contributed by atoms with E-state index in [1.807, 2.05) is 12.1 Å². The molecule has 5 rings (SSSR count). The molecular formula is C26H20F2N4O3. The van der Waals surface area contributed by atoms with Crippen LogP contribution in [0.5, 0.6) is 0 Å². The van der Waals surface area contributed by atoms with Crippen molar-refractivity contribution < 1.29 is 23.1 Å². The largest absolute Gasteiger partial charge is 0.378 e. The summed E-state index contributed by atoms with van der Waals surface area (Å²) in [6.45, 7) is 1.93. The molecule has 1 aliphatic heterocycles. The molecule has 0 bridgehead atoms. The van der Waals surface area contributed by atoms with E-state index in [2.05, 4.69) is 20.6 Å². The third-order valence-corrected chi connectivity index (χ3v) is 5.61. The van der Waals surface area contributed by atoms with Gasteiger partial charge in [0.2, 0.25) is 5.78 Å². The highest BCUT2D eigenvalue weighted by Crippen LogP contribution is 2.22. The Morgan fingerprint density at radius 1 is 1.00 bits per heavy atom. The van der Waals surface area contributed by atoms with Gasteiger partial charge in [0, 0.05) is 28.7 Å². The predicted molar refractivity (Wildman–Crippen MR) is 125 cm³/mol. The first kappa shape index (κ1) is 22.7. The van der Waals surface area contributed by atoms with Crippen molar-refractivity contribution in [1.29, 1.82) is 0 Å². The van der Waals surface area contributed by atoms with Gasteiger partial charge in [0.25, 0.3) is 5.91 Å². The summed E-state index contributed by atoms with van der Waals surface area (Å²) in [5.41, 5.74) is 1.70. The Kier molecular flexibility index (Phi) is 6.26. The van der Waals surface area contributed by atoms with Gasteiger partial charge in [-0.1, -0.05) is 12.1 Å². The molecule has 0 spiro atoms. The van der Waals surface area contributed by atoms with E-state index in [4.69, 9.17) is 4.74 Å². The highest BCUT2D eigenvalue weighted by Gasteiger charge is 2.18. The minimum absolute atomic E-state index is 0.0113. The molecule has 176 valence electrons. The number of ketones is 1. The summed E-state index contributed by atoms with van der Waals surface area (Å²) in [4.78, 5) is 34.3. The van der Waals surface area contributed by atoms with Gasteiger partial charge < -0.3 is 15.4 Å². The zero-order chi connectivity index (χ0) is 24.4. The Morgan fingerprint density at radius 3 is 2.66 bits per heavy atom. The van der Waals surface area contributed by atoms with Crippen LogP contribution in [0.3, 0.4) is 0 Å². The monoisotopic (exact) mass is 474 g/mol. The molecule has 1 fully saturated rings. The maximum atomic E-state index is 14.3. The topological polar surface area (TPSA) is 93.2 Å². The van der Waals surface area contributed by atoms with Crippen molar-refractivity contribution in [3.63, 3.8) is 0 Å². The van der Waals surface area contributed by atoms with Gasteiger partial charge in [-0.3, -0.25) is 14.6 Å². The summed E-state index contributed by atoms with van der Waals surface area (Å²) in [7, 11) is 0. The lowest BCUT2D eigenvalue weighted by molar-refractivity contribution is 0.0757. The normalized spacial score (nSPS) is 15.7. The van der Waals surface area contributed by atoms with Gasteiger partial charge >= 0.3 is 0 Å². The number of rotatable bonds is 5. The van der Waals surface area contributed by atoms with Crippen molar-refractivity contribution in [3.8, 4) is 0 Å². The second kappa shape index (κ2) is 9.65. The molecule has 2 aromatic carbocycles. The Bertz CT molecular complexity index is 1440. The third kappa shape index (κ3) is 5.06. The van der Waals surface area contributed by atoms with E-state index >= 15 is 0 Å². The number of benzene rings is 2. The van der Waals surface area contributed by atoms with Crippen LogP contribution in [0.15, 0.2) is 66.9 Å². The van der Waals surface area contributed by atoms with Crippen LogP contribution >= 0.6 is 0 Å². The zero-order valence-electron chi connectivity index (χ0n) is 18.4. The average molecular weight is 474 g/mol. The quantitative estimate of drug-likeness (QED) is 0.424. The summed E-state index contributed by atoms with van der Waals surface area (Å²) >= 11 is 0. The van der Waals surface area contributed by atoms with Gasteiger partial charge in [-0.2, -0.15) is 0 Å². The second-order valence-electron chi connectivity index (χ2n) is 8.10. The molecule has 7 nitrogen and oxygen atoms in total. The molecule has 1 atom stereocenters. The van der Waals surface area contributed by atoms with Gasteiger partial charge in [-0.05, 0) is 48.5 Å². The number of ether oxygens (including phenoxy) is 1. The standard InChI is InChI=1S/C26H20F2N4O3/c27-18-3-1-2-16(8-18)26(34)31-20-10-17(9-19(28)12-20)25(33)22-11-15-4-5-21(32-23(15)13-30-22)24-14-35-7-6-29-24/h1-5,8-13,24,29H,6-7,14H2,(H,31,34). The number of amides is 1. The van der Waals surface area contributed by atoms with Crippen molar-refractivity contribution in [2.24, 2.45) is 0 Å². The van der Waals surface area contributed by atoms with E-state index in [9.17, 15) is 18.4 Å². The van der Waals surface area contributed by atoms with Crippen LogP contribution in [0.1, 0.15) is 38.1 Å². The summed E-state index contributed by atoms with van der Waals surface area (Å²) in [6.07, 6.45) is 1.50. The van der Waals surface area contributed by atoms with E-state index in [0.29, 0.717) is 24.1 Å². The van der Waals surface area contributed by atoms with Crippen LogP contribution in [-0.4, -0.2) is 41.4 Å². The number of aromatic nitrogens is 2. The Balaban J connectivity index is 1.38. The number of nitrogens with one attached hydrogen (secondary N) is 2. The minimum Gasteiger partial charge on any atom is -0.378 e. The van der Waals surface area contributed by atoms with Gasteiger partial charge in [0.1, 0.15) is 17.3 Å². The lowest BCUT2D eigenvalue weighted by Gasteiger charge is -2.23. The fourth-order valence-electron chi connectivity index (χ4n) is 3.89. The highest BCUT2D eigenvalue weighted by atomic mass is 19.1. The fraction of sp³-hybridized carbons (Fsp3) is 0.154. The maximum absolute atomic E-state index is 14.3. The molecule has 35 heavy (non-hydrogen) atoms. The molecule has 1 unspecified atom stereocenters. The summed E-state index contributed by atoms with van der Waals surface area (Å²) in [5, 5.41) is 6.55. The number of morpholine rings is 1. The van der Waals surface area contributed by atoms with Crippen molar-refractivity contribution in [3.05, 3.63) is 101 Å². The third-order valence-electron chi connectivity index (χ3n) is 5.61. The first-order valence-corrected chi connectivity index (χ1v) is 11.0. The zero-order valence-corrected chi connectivity index (χ0v) is 18.4. The smallest absolute Gasteiger partial charge is 0.255 e. The van der Waals surface area contributed by atoms with Crippen molar-refractivity contribution in [2.45, 2.75) is 6.04 Å². The molecular weight excluding hydrogens is 454 g/mol. The van der Waals surface area contributed by atoms with Crippen molar-refractivity contribution in [2.75, 3.05) is 25.1 Å². The van der Waals surface area contributed by atoms with Gasteiger partial charge in [0.15, 0.2) is 0 Å². The van der Waals surface area contributed by atoms with E-state index in [-0.39, 0.29) is 28.6 Å².